The minimum absolute atomic E-state index is 0.00508. The van der Waals surface area contributed by atoms with Crippen molar-refractivity contribution in [1.82, 2.24) is 20.9 Å². The summed E-state index contributed by atoms with van der Waals surface area (Å²) in [7, 11) is 1.59. The lowest BCUT2D eigenvalue weighted by molar-refractivity contribution is -0.142. The zero-order valence-electron chi connectivity index (χ0n) is 20.3. The summed E-state index contributed by atoms with van der Waals surface area (Å²) in [5.41, 5.74) is -1.36. The molecule has 2 fully saturated rings. The molecule has 0 bridgehead atoms. The van der Waals surface area contributed by atoms with Crippen molar-refractivity contribution < 1.29 is 24.3 Å². The summed E-state index contributed by atoms with van der Waals surface area (Å²) in [5, 5.41) is 17.5. The monoisotopic (exact) mass is 452 g/mol. The van der Waals surface area contributed by atoms with Gasteiger partial charge in [-0.3, -0.25) is 19.7 Å². The summed E-state index contributed by atoms with van der Waals surface area (Å²) in [6, 6.07) is -1.57. The number of carboxylic acid groups (broad SMARTS) is 1. The van der Waals surface area contributed by atoms with Gasteiger partial charge in [-0.1, -0.05) is 47.5 Å². The molecular weight excluding hydrogens is 412 g/mol. The average molecular weight is 453 g/mol. The standard InChI is InChI=1S/C23H40N4O5/c1-7-9-14-10-11-27(19(29)18(22(3,4)5)26-21(31)32)17(14)16(28)13-25-23(20(30)24-6)12-15(23)8-2/h14-15,17-18,25-26H,7-13H2,1-6H3,(H,24,30)(H,31,32)/t14-,15?,17?,18-,23?/m1/s1. The highest BCUT2D eigenvalue weighted by molar-refractivity contribution is 5.95. The molecule has 0 radical (unpaired) electrons. The highest BCUT2D eigenvalue weighted by Crippen LogP contribution is 2.46. The Labute approximate surface area is 191 Å². The van der Waals surface area contributed by atoms with Crippen LogP contribution < -0.4 is 16.0 Å². The van der Waals surface area contributed by atoms with Crippen LogP contribution in [0.25, 0.3) is 0 Å². The molecule has 0 aromatic carbocycles. The molecular formula is C23H40N4O5. The second-order valence-corrected chi connectivity index (χ2v) is 10.2. The Morgan fingerprint density at radius 3 is 2.31 bits per heavy atom. The molecule has 1 aliphatic heterocycles. The van der Waals surface area contributed by atoms with E-state index in [0.717, 1.165) is 19.3 Å². The third-order valence-corrected chi connectivity index (χ3v) is 6.98. The van der Waals surface area contributed by atoms with Gasteiger partial charge in [0.15, 0.2) is 5.78 Å². The Balaban J connectivity index is 2.22. The van der Waals surface area contributed by atoms with Crippen LogP contribution in [0.1, 0.15) is 66.7 Å². The quantitative estimate of drug-likeness (QED) is 0.400. The van der Waals surface area contributed by atoms with E-state index in [1.165, 1.54) is 0 Å². The second kappa shape index (κ2) is 10.2. The topological polar surface area (TPSA) is 128 Å². The summed E-state index contributed by atoms with van der Waals surface area (Å²) >= 11 is 0. The summed E-state index contributed by atoms with van der Waals surface area (Å²) in [4.78, 5) is 52.1. The van der Waals surface area contributed by atoms with Crippen molar-refractivity contribution in [2.24, 2.45) is 17.3 Å². The normalized spacial score (nSPS) is 28.2. The zero-order valence-corrected chi connectivity index (χ0v) is 20.3. The largest absolute Gasteiger partial charge is 0.465 e. The van der Waals surface area contributed by atoms with E-state index in [9.17, 15) is 24.3 Å². The summed E-state index contributed by atoms with van der Waals surface area (Å²) in [6.45, 7) is 9.90. The number of hydrogen-bond acceptors (Lipinski definition) is 5. The van der Waals surface area contributed by atoms with Crippen LogP contribution in [0.15, 0.2) is 0 Å². The first-order valence-corrected chi connectivity index (χ1v) is 11.7. The van der Waals surface area contributed by atoms with Crippen molar-refractivity contribution in [2.75, 3.05) is 20.1 Å². The zero-order chi connectivity index (χ0) is 24.3. The number of nitrogens with one attached hydrogen (secondary N) is 3. The Morgan fingerprint density at radius 1 is 1.19 bits per heavy atom. The first-order valence-electron chi connectivity index (χ1n) is 11.7. The Kier molecular flexibility index (Phi) is 8.31. The fourth-order valence-electron chi connectivity index (χ4n) is 5.12. The van der Waals surface area contributed by atoms with Gasteiger partial charge in [0.2, 0.25) is 11.8 Å². The van der Waals surface area contributed by atoms with Gasteiger partial charge in [0.05, 0.1) is 12.6 Å². The molecule has 0 spiro atoms. The van der Waals surface area contributed by atoms with E-state index in [1.54, 1.807) is 32.7 Å². The predicted octanol–water partition coefficient (Wildman–Crippen LogP) is 1.76. The molecule has 0 aromatic rings. The lowest BCUT2D eigenvalue weighted by atomic mass is 9.85. The van der Waals surface area contributed by atoms with Gasteiger partial charge in [-0.2, -0.15) is 0 Å². The fourth-order valence-corrected chi connectivity index (χ4v) is 5.12. The number of likely N-dealkylation sites (N-methyl/N-ethyl adjacent to an activating group) is 1. The molecule has 9 nitrogen and oxygen atoms in total. The number of likely N-dealkylation sites (tertiary alicyclic amines) is 1. The van der Waals surface area contributed by atoms with Gasteiger partial charge in [0.25, 0.3) is 0 Å². The van der Waals surface area contributed by atoms with Crippen LogP contribution in [-0.2, 0) is 14.4 Å². The summed E-state index contributed by atoms with van der Waals surface area (Å²) < 4.78 is 0. The van der Waals surface area contributed by atoms with Crippen LogP contribution in [0.3, 0.4) is 0 Å². The van der Waals surface area contributed by atoms with Gasteiger partial charge < -0.3 is 20.6 Å². The minimum Gasteiger partial charge on any atom is -0.465 e. The average Bonchev–Trinajstić information content (AvgIpc) is 3.30. The third kappa shape index (κ3) is 5.42. The van der Waals surface area contributed by atoms with E-state index >= 15 is 0 Å². The van der Waals surface area contributed by atoms with Crippen molar-refractivity contribution in [1.29, 1.82) is 0 Å². The second-order valence-electron chi connectivity index (χ2n) is 10.2. The predicted molar refractivity (Wildman–Crippen MR) is 121 cm³/mol. The van der Waals surface area contributed by atoms with Gasteiger partial charge in [-0.15, -0.1) is 0 Å². The lowest BCUT2D eigenvalue weighted by Crippen LogP contribution is -2.58. The van der Waals surface area contributed by atoms with Crippen molar-refractivity contribution in [3.63, 3.8) is 0 Å². The minimum atomic E-state index is -1.26. The molecule has 2 rings (SSSR count). The number of rotatable bonds is 10. The first kappa shape index (κ1) is 26.1. The van der Waals surface area contributed by atoms with Crippen LogP contribution >= 0.6 is 0 Å². The maximum atomic E-state index is 13.4. The molecule has 0 aromatic heterocycles. The summed E-state index contributed by atoms with van der Waals surface area (Å²) in [6.07, 6.45) is 2.67. The number of Topliss-reactive ketones (excluding diaryl/α,β-unsaturated/α-hetero) is 1. The van der Waals surface area contributed by atoms with Crippen LogP contribution in [0.5, 0.6) is 0 Å². The van der Waals surface area contributed by atoms with Crippen LogP contribution in [0, 0.1) is 17.3 Å². The van der Waals surface area contributed by atoms with Gasteiger partial charge in [-0.05, 0) is 36.5 Å². The number of hydrogen-bond donors (Lipinski definition) is 4. The number of carbonyl (C=O) groups is 4. The van der Waals surface area contributed by atoms with E-state index in [2.05, 4.69) is 16.0 Å². The third-order valence-electron chi connectivity index (χ3n) is 6.98. The molecule has 4 N–H and O–H groups in total. The molecule has 3 amide bonds. The van der Waals surface area contributed by atoms with Crippen molar-refractivity contribution in [2.45, 2.75) is 84.3 Å². The van der Waals surface area contributed by atoms with E-state index < -0.39 is 29.1 Å². The smallest absolute Gasteiger partial charge is 0.405 e. The molecule has 5 atom stereocenters. The number of ketones is 1. The highest BCUT2D eigenvalue weighted by atomic mass is 16.4. The van der Waals surface area contributed by atoms with E-state index in [1.807, 2.05) is 13.8 Å². The molecule has 9 heteroatoms. The molecule has 1 heterocycles. The number of amides is 3. The maximum absolute atomic E-state index is 13.4. The molecule has 1 saturated carbocycles. The fraction of sp³-hybridized carbons (Fsp3) is 0.826. The molecule has 1 saturated heterocycles. The molecule has 32 heavy (non-hydrogen) atoms. The number of carbonyl (C=O) groups excluding carboxylic acids is 3. The van der Waals surface area contributed by atoms with Gasteiger partial charge in [0.1, 0.15) is 11.6 Å². The van der Waals surface area contributed by atoms with Crippen molar-refractivity contribution >= 4 is 23.7 Å². The molecule has 3 unspecified atom stereocenters. The van der Waals surface area contributed by atoms with E-state index in [0.29, 0.717) is 19.4 Å². The van der Waals surface area contributed by atoms with Crippen LogP contribution in [-0.4, -0.2) is 71.5 Å². The van der Waals surface area contributed by atoms with Crippen LogP contribution in [0.2, 0.25) is 0 Å². The van der Waals surface area contributed by atoms with Gasteiger partial charge >= 0.3 is 6.09 Å². The van der Waals surface area contributed by atoms with Gasteiger partial charge in [-0.25, -0.2) is 4.79 Å². The van der Waals surface area contributed by atoms with Gasteiger partial charge in [0, 0.05) is 13.6 Å². The SMILES string of the molecule is CCC[C@@H]1CCN(C(=O)[C@@H](NC(=O)O)C(C)(C)C)C1C(=O)CNC1(C(=O)NC)CC1CC. The maximum Gasteiger partial charge on any atom is 0.405 e. The van der Waals surface area contributed by atoms with Crippen molar-refractivity contribution in [3.8, 4) is 0 Å². The first-order chi connectivity index (χ1) is 14.9. The number of nitrogens with zero attached hydrogens (tertiary/aromatic N) is 1. The lowest BCUT2D eigenvalue weighted by Gasteiger charge is -2.35. The molecule has 1 aliphatic carbocycles. The summed E-state index contributed by atoms with van der Waals surface area (Å²) in [5.74, 6) is -0.382. The molecule has 182 valence electrons. The highest BCUT2D eigenvalue weighted by Gasteiger charge is 2.58. The Hall–Kier alpha value is -2.16. The van der Waals surface area contributed by atoms with Crippen LogP contribution in [0.4, 0.5) is 4.79 Å². The van der Waals surface area contributed by atoms with E-state index in [-0.39, 0.29) is 36.0 Å². The van der Waals surface area contributed by atoms with Crippen molar-refractivity contribution in [3.05, 3.63) is 0 Å². The molecule has 2 aliphatic rings. The Bertz CT molecular complexity index is 734. The van der Waals surface area contributed by atoms with E-state index in [4.69, 9.17) is 0 Å². The Morgan fingerprint density at radius 2 is 1.84 bits per heavy atom.